The van der Waals surface area contributed by atoms with Crippen LogP contribution in [0.15, 0.2) is 52.6 Å². The maximum atomic E-state index is 14.5. The van der Waals surface area contributed by atoms with Gasteiger partial charge in [-0.25, -0.2) is 33.1 Å². The second kappa shape index (κ2) is 18.8. The Morgan fingerprint density at radius 2 is 1.22 bits per heavy atom. The van der Waals surface area contributed by atoms with E-state index in [1.807, 2.05) is 0 Å². The first kappa shape index (κ1) is 47.4. The highest BCUT2D eigenvalue weighted by molar-refractivity contribution is 7.79. The second-order valence-corrected chi connectivity index (χ2v) is 13.7. The number of esters is 1. The number of nitrogens with one attached hydrogen (secondary N) is 2. The third kappa shape index (κ3) is 11.4. The van der Waals surface area contributed by atoms with E-state index in [0.717, 1.165) is 12.1 Å². The van der Waals surface area contributed by atoms with Gasteiger partial charge in [-0.2, -0.15) is 12.8 Å². The molecule has 22 nitrogen and oxygen atoms in total. The molecule has 0 fully saturated rings. The zero-order valence-corrected chi connectivity index (χ0v) is 32.1. The number of nitro groups is 1. The zero-order valence-electron chi connectivity index (χ0n) is 29.8. The number of benzene rings is 2. The van der Waals surface area contributed by atoms with E-state index in [9.17, 15) is 47.2 Å². The highest BCUT2D eigenvalue weighted by Crippen LogP contribution is 2.41. The summed E-state index contributed by atoms with van der Waals surface area (Å²) in [5.74, 6) is -6.64. The molecule has 6 N–H and O–H groups in total. The van der Waals surface area contributed by atoms with Crippen LogP contribution in [0, 0.1) is 48.9 Å². The molecular formula is C31H22Cl2F4N8O14S. The van der Waals surface area contributed by atoms with Crippen molar-refractivity contribution in [3.63, 3.8) is 0 Å². The third-order valence-electron chi connectivity index (χ3n) is 6.90. The molecule has 0 atom stereocenters. The summed E-state index contributed by atoms with van der Waals surface area (Å²) < 4.78 is 93.6. The summed E-state index contributed by atoms with van der Waals surface area (Å²) in [4.78, 5) is 75.4. The summed E-state index contributed by atoms with van der Waals surface area (Å²) in [6.07, 6.45) is 5.06. The Kier molecular flexibility index (Phi) is 14.8. The largest absolute Gasteiger partial charge is 0.505 e. The highest BCUT2D eigenvalue weighted by Gasteiger charge is 2.31. The fourth-order valence-corrected chi connectivity index (χ4v) is 4.97. The van der Waals surface area contributed by atoms with Gasteiger partial charge in [0.2, 0.25) is 5.82 Å². The molecule has 29 heteroatoms. The van der Waals surface area contributed by atoms with E-state index in [1.54, 1.807) is 20.8 Å². The maximum Gasteiger partial charge on any atom is 0.394 e. The van der Waals surface area contributed by atoms with Crippen LogP contribution in [0.25, 0.3) is 44.6 Å². The molecule has 0 aliphatic heterocycles. The molecule has 6 aromatic rings. The first-order valence-electron chi connectivity index (χ1n) is 15.3. The molecule has 0 aliphatic carbocycles. The summed E-state index contributed by atoms with van der Waals surface area (Å²) >= 11 is 11.6. The number of nitro benzene ring substituents is 1. The van der Waals surface area contributed by atoms with E-state index in [4.69, 9.17) is 60.8 Å². The number of H-pyrrole nitrogens is 2. The number of rotatable bonds is 4. The van der Waals surface area contributed by atoms with E-state index in [0.29, 0.717) is 0 Å². The number of nitrogens with zero attached hydrogens (tertiary/aromatic N) is 6. The fraction of sp³-hybridized carbons (Fsp3) is 0.129. The molecule has 0 spiro atoms. The Morgan fingerprint density at radius 1 is 0.783 bits per heavy atom. The molecule has 60 heavy (non-hydrogen) atoms. The molecule has 0 saturated carbocycles. The molecule has 2 aromatic carbocycles. The zero-order chi connectivity index (χ0) is 45.6. The Labute approximate surface area is 338 Å². The minimum absolute atomic E-state index is 0.00410. The van der Waals surface area contributed by atoms with Crippen LogP contribution in [0.5, 0.6) is 11.5 Å². The Hall–Kier alpha value is -6.94. The van der Waals surface area contributed by atoms with E-state index in [2.05, 4.69) is 29.9 Å². The predicted molar refractivity (Wildman–Crippen MR) is 197 cm³/mol. The number of carbonyl (C=O) groups is 1. The number of aromatic amines is 2. The monoisotopic (exact) mass is 908 g/mol. The van der Waals surface area contributed by atoms with Gasteiger partial charge in [-0.15, -0.1) is 10.1 Å². The number of pyridine rings is 2. The Morgan fingerprint density at radius 3 is 1.72 bits per heavy atom. The van der Waals surface area contributed by atoms with Crippen molar-refractivity contribution in [3.05, 3.63) is 117 Å². The fourth-order valence-electron chi connectivity index (χ4n) is 4.49. The lowest BCUT2D eigenvalue weighted by atomic mass is 9.97. The van der Waals surface area contributed by atoms with Crippen LogP contribution < -0.4 is 15.9 Å². The Bertz CT molecular complexity index is 2910. The minimum atomic E-state index is -4.67. The lowest BCUT2D eigenvalue weighted by molar-refractivity contribution is -0.742. The SMILES string of the molecule is CC(C)(C)C(=O)Oc1c(-c2c(F)ccc(F)c2Cl)c(=O)[nH]c2nccnc12.O=S(=O)(O)O.O=[N+]([O-])O.O=c1[nH]c2nccnc2c(O)c1-c1c(F)c([N+](=O)[O-])cc(F)c1Cl. The molecular weight excluding hydrogens is 887 g/mol. The maximum absolute atomic E-state index is 14.5. The average Bonchev–Trinajstić information content (AvgIpc) is 3.12. The van der Waals surface area contributed by atoms with Crippen LogP contribution in [0.1, 0.15) is 20.8 Å². The number of fused-ring (bicyclic) bond motifs is 2. The molecule has 0 radical (unpaired) electrons. The lowest BCUT2D eigenvalue weighted by Gasteiger charge is -2.19. The molecule has 0 bridgehead atoms. The summed E-state index contributed by atoms with van der Waals surface area (Å²) in [7, 11) is -4.67. The van der Waals surface area contributed by atoms with Crippen molar-refractivity contribution in [2.45, 2.75) is 20.8 Å². The number of aromatic hydroxyl groups is 1. The quantitative estimate of drug-likeness (QED) is 0.0322. The number of aromatic nitrogens is 6. The van der Waals surface area contributed by atoms with Gasteiger partial charge in [0.15, 0.2) is 22.8 Å². The highest BCUT2D eigenvalue weighted by atomic mass is 35.5. The minimum Gasteiger partial charge on any atom is -0.505 e. The number of carbonyl (C=O) groups excluding carboxylic acids is 1. The molecule has 0 saturated heterocycles. The molecule has 0 amide bonds. The summed E-state index contributed by atoms with van der Waals surface area (Å²) in [5, 5.41) is 33.2. The van der Waals surface area contributed by atoms with Crippen molar-refractivity contribution < 1.29 is 64.9 Å². The standard InChI is InChI=1S/C18H14ClF2N3O3.C13H5ClF2N4O4.HNO3.H2O4S/c1-18(2,3)17(26)27-14-11(10-8(20)4-5-9(21)12(10)19)16(25)24-15-13(14)22-6-7-23-15;14-8-4(15)3-5(20(23)24)9(16)6(8)7-11(21)10-12(19-13(7)22)18-2-1-17-10;2-1(3)4;1-5(2,3)4/h4-7H,1-3H3,(H,23,24,25);1-3H,(H2,18,19,21,22);(H,2,3,4);(H2,1,2,3,4). The normalized spacial score (nSPS) is 11.0. The van der Waals surface area contributed by atoms with E-state index in [1.165, 1.54) is 24.8 Å². The van der Waals surface area contributed by atoms with Crippen LogP contribution in [0.3, 0.4) is 0 Å². The van der Waals surface area contributed by atoms with Crippen molar-refractivity contribution in [3.8, 4) is 33.8 Å². The first-order chi connectivity index (χ1) is 27.7. The van der Waals surface area contributed by atoms with Crippen LogP contribution >= 0.6 is 23.2 Å². The van der Waals surface area contributed by atoms with Crippen LogP contribution in [-0.2, 0) is 15.2 Å². The smallest absolute Gasteiger partial charge is 0.394 e. The van der Waals surface area contributed by atoms with E-state index < -0.39 is 110 Å². The van der Waals surface area contributed by atoms with E-state index >= 15 is 0 Å². The first-order valence-corrected chi connectivity index (χ1v) is 17.5. The van der Waals surface area contributed by atoms with Crippen molar-refractivity contribution in [1.82, 2.24) is 29.9 Å². The predicted octanol–water partition coefficient (Wildman–Crippen LogP) is 5.40. The van der Waals surface area contributed by atoms with Crippen LogP contribution in [0.4, 0.5) is 23.2 Å². The summed E-state index contributed by atoms with van der Waals surface area (Å²) in [5.41, 5.74) is -7.07. The number of hydrogen-bond donors (Lipinski definition) is 6. The molecule has 6 rings (SSSR count). The van der Waals surface area contributed by atoms with E-state index in [-0.39, 0.29) is 34.1 Å². The van der Waals surface area contributed by atoms with Gasteiger partial charge in [-0.1, -0.05) is 23.2 Å². The van der Waals surface area contributed by atoms with Crippen molar-refractivity contribution in [2.24, 2.45) is 5.41 Å². The summed E-state index contributed by atoms with van der Waals surface area (Å²) in [6.45, 7) is 4.81. The molecule has 4 aromatic heterocycles. The van der Waals surface area contributed by atoms with Gasteiger partial charge in [0.1, 0.15) is 28.5 Å². The van der Waals surface area contributed by atoms with Gasteiger partial charge in [-0.05, 0) is 32.9 Å². The van der Waals surface area contributed by atoms with Gasteiger partial charge >= 0.3 is 22.1 Å². The van der Waals surface area contributed by atoms with Gasteiger partial charge in [0.05, 0.1) is 43.1 Å². The molecule has 318 valence electrons. The van der Waals surface area contributed by atoms with Gasteiger partial charge in [0.25, 0.3) is 16.2 Å². The van der Waals surface area contributed by atoms with Crippen molar-refractivity contribution in [1.29, 1.82) is 0 Å². The van der Waals surface area contributed by atoms with Crippen molar-refractivity contribution in [2.75, 3.05) is 0 Å². The third-order valence-corrected chi connectivity index (χ3v) is 7.64. The average molecular weight is 910 g/mol. The molecule has 0 aliphatic rings. The number of halogens is 6. The summed E-state index contributed by atoms with van der Waals surface area (Å²) in [6, 6.07) is 1.94. The molecule has 0 unspecified atom stereocenters. The second-order valence-electron chi connectivity index (χ2n) is 12.0. The molecule has 4 heterocycles. The van der Waals surface area contributed by atoms with Crippen LogP contribution in [0.2, 0.25) is 10.0 Å². The van der Waals surface area contributed by atoms with Gasteiger partial charge < -0.3 is 25.0 Å². The van der Waals surface area contributed by atoms with Crippen LogP contribution in [-0.4, -0.2) is 73.7 Å². The van der Waals surface area contributed by atoms with Gasteiger partial charge in [-0.3, -0.25) is 33.6 Å². The number of ether oxygens (including phenoxy) is 1. The Balaban J connectivity index is 0.000000268. The lowest BCUT2D eigenvalue weighted by Crippen LogP contribution is -2.27. The number of hydrogen-bond acceptors (Lipinski definition) is 15. The van der Waals surface area contributed by atoms with Crippen molar-refractivity contribution >= 4 is 67.6 Å². The topological polar surface area (TPSA) is 345 Å². The van der Waals surface area contributed by atoms with Gasteiger partial charge in [0, 0.05) is 30.4 Å².